The standard InChI is InChI=1S/C17H32F3N3O.HI/c1-5-24-15(12(2)3)10-11-22-16(21-4)23-14-8-6-13(7-9-14)17(18,19)20;/h12-15H,5-11H2,1-4H3,(H2,21,22,23);1H. The highest BCUT2D eigenvalue weighted by Gasteiger charge is 2.41. The molecule has 25 heavy (non-hydrogen) atoms. The van der Waals surface area contributed by atoms with Gasteiger partial charge in [0, 0.05) is 26.2 Å². The summed E-state index contributed by atoms with van der Waals surface area (Å²) >= 11 is 0. The van der Waals surface area contributed by atoms with Crippen molar-refractivity contribution in [3.05, 3.63) is 0 Å². The summed E-state index contributed by atoms with van der Waals surface area (Å²) < 4.78 is 43.8. The maximum absolute atomic E-state index is 12.7. The van der Waals surface area contributed by atoms with Crippen LogP contribution in [-0.4, -0.2) is 44.5 Å². The molecule has 0 aliphatic heterocycles. The molecule has 1 unspecified atom stereocenters. The lowest BCUT2D eigenvalue weighted by Gasteiger charge is -2.31. The second kappa shape index (κ2) is 12.2. The molecule has 1 aliphatic rings. The number of guanidine groups is 1. The van der Waals surface area contributed by atoms with Gasteiger partial charge in [0.25, 0.3) is 0 Å². The van der Waals surface area contributed by atoms with Crippen LogP contribution in [0.15, 0.2) is 4.99 Å². The molecule has 4 nitrogen and oxygen atoms in total. The average Bonchev–Trinajstić information content (AvgIpc) is 2.52. The summed E-state index contributed by atoms with van der Waals surface area (Å²) in [5.74, 6) is -0.0487. The van der Waals surface area contributed by atoms with Crippen molar-refractivity contribution in [2.45, 2.75) is 71.2 Å². The first kappa shape index (κ1) is 24.8. The Hall–Kier alpha value is -0.250. The van der Waals surface area contributed by atoms with Crippen LogP contribution in [0.3, 0.4) is 0 Å². The summed E-state index contributed by atoms with van der Waals surface area (Å²) in [7, 11) is 1.68. The van der Waals surface area contributed by atoms with E-state index in [2.05, 4.69) is 29.5 Å². The third-order valence-corrected chi connectivity index (χ3v) is 4.60. The molecule has 0 aromatic heterocycles. The van der Waals surface area contributed by atoms with E-state index in [1.54, 1.807) is 7.05 Å². The number of hydrogen-bond acceptors (Lipinski definition) is 2. The first-order valence-corrected chi connectivity index (χ1v) is 8.93. The van der Waals surface area contributed by atoms with Crippen molar-refractivity contribution >= 4 is 29.9 Å². The molecule has 0 aromatic rings. The molecular formula is C17H33F3IN3O. The number of hydrogen-bond donors (Lipinski definition) is 2. The largest absolute Gasteiger partial charge is 0.391 e. The SMILES string of the molecule is CCOC(CCNC(=NC)NC1CCC(C(F)(F)F)CC1)C(C)C.I. The maximum Gasteiger partial charge on any atom is 0.391 e. The lowest BCUT2D eigenvalue weighted by molar-refractivity contribution is -0.182. The summed E-state index contributed by atoms with van der Waals surface area (Å²) in [5.41, 5.74) is 0. The molecule has 8 heteroatoms. The smallest absolute Gasteiger partial charge is 0.378 e. The van der Waals surface area contributed by atoms with Crippen LogP contribution in [0.5, 0.6) is 0 Å². The molecule has 2 N–H and O–H groups in total. The molecule has 0 heterocycles. The Morgan fingerprint density at radius 2 is 1.80 bits per heavy atom. The number of nitrogens with zero attached hydrogens (tertiary/aromatic N) is 1. The van der Waals surface area contributed by atoms with Crippen LogP contribution in [0.1, 0.15) is 52.9 Å². The highest BCUT2D eigenvalue weighted by Crippen LogP contribution is 2.37. The van der Waals surface area contributed by atoms with Gasteiger partial charge in [-0.25, -0.2) is 0 Å². The summed E-state index contributed by atoms with van der Waals surface area (Å²) in [5, 5.41) is 6.48. The predicted molar refractivity (Wildman–Crippen MR) is 107 cm³/mol. The van der Waals surface area contributed by atoms with Gasteiger partial charge in [-0.15, -0.1) is 24.0 Å². The second-order valence-electron chi connectivity index (χ2n) is 6.76. The van der Waals surface area contributed by atoms with Crippen LogP contribution < -0.4 is 10.6 Å². The Kier molecular flexibility index (Phi) is 12.1. The van der Waals surface area contributed by atoms with Crippen molar-refractivity contribution in [1.29, 1.82) is 0 Å². The van der Waals surface area contributed by atoms with Gasteiger partial charge in [0.05, 0.1) is 12.0 Å². The summed E-state index contributed by atoms with van der Waals surface area (Å²) in [6.45, 7) is 7.66. The molecule has 0 aromatic carbocycles. The van der Waals surface area contributed by atoms with E-state index >= 15 is 0 Å². The first-order valence-electron chi connectivity index (χ1n) is 8.93. The van der Waals surface area contributed by atoms with Gasteiger partial charge in [-0.1, -0.05) is 13.8 Å². The molecule has 1 saturated carbocycles. The molecule has 0 saturated heterocycles. The quantitative estimate of drug-likeness (QED) is 0.325. The van der Waals surface area contributed by atoms with E-state index in [1.807, 2.05) is 6.92 Å². The predicted octanol–water partition coefficient (Wildman–Crippen LogP) is 4.34. The Morgan fingerprint density at radius 1 is 1.20 bits per heavy atom. The monoisotopic (exact) mass is 479 g/mol. The Balaban J connectivity index is 0.00000576. The summed E-state index contributed by atoms with van der Waals surface area (Å²) in [4.78, 5) is 4.17. The van der Waals surface area contributed by atoms with Gasteiger partial charge in [0.2, 0.25) is 0 Å². The fraction of sp³-hybridized carbons (Fsp3) is 0.941. The highest BCUT2D eigenvalue weighted by molar-refractivity contribution is 14.0. The number of aliphatic imine (C=N–C) groups is 1. The third kappa shape index (κ3) is 9.30. The first-order chi connectivity index (χ1) is 11.3. The molecular weight excluding hydrogens is 446 g/mol. The molecule has 1 rings (SSSR count). The van der Waals surface area contributed by atoms with Crippen molar-refractivity contribution in [1.82, 2.24) is 10.6 Å². The molecule has 1 atom stereocenters. The minimum Gasteiger partial charge on any atom is -0.378 e. The number of rotatable bonds is 7. The topological polar surface area (TPSA) is 45.6 Å². The van der Waals surface area contributed by atoms with Gasteiger partial charge in [0.1, 0.15) is 0 Å². The lowest BCUT2D eigenvalue weighted by Crippen LogP contribution is -2.46. The Morgan fingerprint density at radius 3 is 2.24 bits per heavy atom. The molecule has 0 bridgehead atoms. The van der Waals surface area contributed by atoms with Crippen molar-refractivity contribution in [3.8, 4) is 0 Å². The van der Waals surface area contributed by atoms with Crippen molar-refractivity contribution in [3.63, 3.8) is 0 Å². The van der Waals surface area contributed by atoms with E-state index in [9.17, 15) is 13.2 Å². The lowest BCUT2D eigenvalue weighted by atomic mass is 9.85. The molecule has 0 spiro atoms. The molecule has 0 radical (unpaired) electrons. The van der Waals surface area contributed by atoms with Gasteiger partial charge >= 0.3 is 6.18 Å². The maximum atomic E-state index is 12.7. The van der Waals surface area contributed by atoms with E-state index in [0.717, 1.165) is 13.0 Å². The fourth-order valence-electron chi connectivity index (χ4n) is 3.11. The van der Waals surface area contributed by atoms with Gasteiger partial charge in [0.15, 0.2) is 5.96 Å². The highest BCUT2D eigenvalue weighted by atomic mass is 127. The van der Waals surface area contributed by atoms with Crippen molar-refractivity contribution in [2.75, 3.05) is 20.2 Å². The van der Waals surface area contributed by atoms with E-state index in [0.29, 0.717) is 31.3 Å². The average molecular weight is 479 g/mol. The van der Waals surface area contributed by atoms with Gasteiger partial charge in [-0.3, -0.25) is 4.99 Å². The van der Waals surface area contributed by atoms with Crippen molar-refractivity contribution < 1.29 is 17.9 Å². The number of alkyl halides is 3. The van der Waals surface area contributed by atoms with Crippen molar-refractivity contribution in [2.24, 2.45) is 16.8 Å². The van der Waals surface area contributed by atoms with Crippen LogP contribution in [0.2, 0.25) is 0 Å². The van der Waals surface area contributed by atoms with E-state index in [4.69, 9.17) is 4.74 Å². The van der Waals surface area contributed by atoms with E-state index < -0.39 is 12.1 Å². The number of ether oxygens (including phenoxy) is 1. The zero-order valence-corrected chi connectivity index (χ0v) is 18.0. The van der Waals surface area contributed by atoms with Crippen LogP contribution in [-0.2, 0) is 4.74 Å². The molecule has 150 valence electrons. The normalized spacial score (nSPS) is 23.1. The fourth-order valence-corrected chi connectivity index (χ4v) is 3.11. The minimum absolute atomic E-state index is 0. The Labute approximate surface area is 166 Å². The number of halogens is 4. The van der Waals surface area contributed by atoms with Gasteiger partial charge in [-0.2, -0.15) is 13.2 Å². The third-order valence-electron chi connectivity index (χ3n) is 4.60. The minimum atomic E-state index is -4.06. The van der Waals surface area contributed by atoms with Crippen LogP contribution in [0, 0.1) is 11.8 Å². The van der Waals surface area contributed by atoms with Crippen LogP contribution >= 0.6 is 24.0 Å². The summed E-state index contributed by atoms with van der Waals surface area (Å²) in [6.07, 6.45) is -1.56. The van der Waals surface area contributed by atoms with E-state index in [-0.39, 0.29) is 49.0 Å². The van der Waals surface area contributed by atoms with Crippen LogP contribution in [0.25, 0.3) is 0 Å². The van der Waals surface area contributed by atoms with E-state index in [1.165, 1.54) is 0 Å². The summed E-state index contributed by atoms with van der Waals surface area (Å²) in [6, 6.07) is 0.0580. The molecule has 1 fully saturated rings. The zero-order valence-electron chi connectivity index (χ0n) is 15.7. The van der Waals surface area contributed by atoms with Gasteiger partial charge < -0.3 is 15.4 Å². The molecule has 1 aliphatic carbocycles. The second-order valence-corrected chi connectivity index (χ2v) is 6.76. The number of nitrogens with one attached hydrogen (secondary N) is 2. The Bertz CT molecular complexity index is 384. The van der Waals surface area contributed by atoms with Gasteiger partial charge in [-0.05, 0) is 44.9 Å². The molecule has 0 amide bonds. The zero-order chi connectivity index (χ0) is 18.2. The van der Waals surface area contributed by atoms with Crippen LogP contribution in [0.4, 0.5) is 13.2 Å².